The average Bonchev–Trinajstić information content (AvgIpc) is 3.16. The molecule has 0 radical (unpaired) electrons. The van der Waals surface area contributed by atoms with E-state index in [1.54, 1.807) is 24.3 Å². The average molecular weight is 479 g/mol. The zero-order valence-electron chi connectivity index (χ0n) is 16.0. The van der Waals surface area contributed by atoms with Crippen molar-refractivity contribution >= 4 is 37.5 Å². The number of benzene rings is 2. The van der Waals surface area contributed by atoms with Gasteiger partial charge in [0.05, 0.1) is 18.1 Å². The molecule has 0 aliphatic carbocycles. The molecule has 8 heteroatoms. The maximum Gasteiger partial charge on any atom is 0.243 e. The molecule has 1 fully saturated rings. The molecular weight excluding hydrogens is 456 g/mol. The van der Waals surface area contributed by atoms with Crippen LogP contribution in [0, 0.1) is 0 Å². The highest BCUT2D eigenvalue weighted by Gasteiger charge is 2.27. The fourth-order valence-electron chi connectivity index (χ4n) is 3.78. The van der Waals surface area contributed by atoms with Crippen LogP contribution in [-0.4, -0.2) is 51.5 Å². The van der Waals surface area contributed by atoms with Crippen LogP contribution < -0.4 is 4.90 Å². The van der Waals surface area contributed by atoms with Crippen LogP contribution in [0.3, 0.4) is 0 Å². The lowest BCUT2D eigenvalue weighted by Gasteiger charge is -2.26. The number of anilines is 1. The Balaban J connectivity index is 1.38. The SMILES string of the molecule is O=C(CCc1ccc(S(=O)(=O)N2CCOCC2)cc1)N1CCc2cc(Br)ccc21. The van der Waals surface area contributed by atoms with Crippen LogP contribution in [0.2, 0.25) is 0 Å². The Bertz CT molecular complexity index is 1000. The number of carbonyl (C=O) groups excluding carboxylic acids is 1. The Labute approximate surface area is 179 Å². The van der Waals surface area contributed by atoms with E-state index in [4.69, 9.17) is 4.74 Å². The Morgan fingerprint density at radius 3 is 2.48 bits per heavy atom. The molecule has 29 heavy (non-hydrogen) atoms. The molecule has 0 saturated carbocycles. The number of sulfonamides is 1. The van der Waals surface area contributed by atoms with Crippen LogP contribution in [0.5, 0.6) is 0 Å². The van der Waals surface area contributed by atoms with Crippen LogP contribution in [0.1, 0.15) is 17.5 Å². The predicted octanol–water partition coefficient (Wildman–Crippen LogP) is 2.99. The van der Waals surface area contributed by atoms with Crippen molar-refractivity contribution in [1.29, 1.82) is 0 Å². The number of amides is 1. The second-order valence-corrected chi connectivity index (χ2v) is 10.1. The molecule has 0 spiro atoms. The lowest BCUT2D eigenvalue weighted by Crippen LogP contribution is -2.40. The monoisotopic (exact) mass is 478 g/mol. The number of halogens is 1. The first-order chi connectivity index (χ1) is 13.9. The Morgan fingerprint density at radius 1 is 1.03 bits per heavy atom. The number of carbonyl (C=O) groups is 1. The van der Waals surface area contributed by atoms with Crippen molar-refractivity contribution in [2.45, 2.75) is 24.2 Å². The number of hydrogen-bond acceptors (Lipinski definition) is 4. The highest BCUT2D eigenvalue weighted by Crippen LogP contribution is 2.31. The Kier molecular flexibility index (Phi) is 6.06. The van der Waals surface area contributed by atoms with E-state index in [1.807, 2.05) is 17.0 Å². The molecule has 4 rings (SSSR count). The Hall–Kier alpha value is -1.74. The van der Waals surface area contributed by atoms with Crippen molar-refractivity contribution in [3.05, 3.63) is 58.1 Å². The van der Waals surface area contributed by atoms with E-state index < -0.39 is 10.0 Å². The number of morpholine rings is 1. The third-order valence-corrected chi connectivity index (χ3v) is 7.80. The van der Waals surface area contributed by atoms with Gasteiger partial charge < -0.3 is 9.64 Å². The topological polar surface area (TPSA) is 66.9 Å². The van der Waals surface area contributed by atoms with Gasteiger partial charge in [0.2, 0.25) is 15.9 Å². The second kappa shape index (κ2) is 8.55. The third-order valence-electron chi connectivity index (χ3n) is 5.40. The van der Waals surface area contributed by atoms with Gasteiger partial charge in [-0.25, -0.2) is 8.42 Å². The smallest absolute Gasteiger partial charge is 0.243 e. The minimum absolute atomic E-state index is 0.0936. The first kappa shape index (κ1) is 20.5. The fourth-order valence-corrected chi connectivity index (χ4v) is 5.60. The largest absolute Gasteiger partial charge is 0.379 e. The Morgan fingerprint density at radius 2 is 1.76 bits per heavy atom. The van der Waals surface area contributed by atoms with Crippen LogP contribution in [0.25, 0.3) is 0 Å². The lowest BCUT2D eigenvalue weighted by atomic mass is 10.1. The molecule has 0 N–H and O–H groups in total. The van der Waals surface area contributed by atoms with E-state index in [-0.39, 0.29) is 10.8 Å². The zero-order valence-corrected chi connectivity index (χ0v) is 18.4. The quantitative estimate of drug-likeness (QED) is 0.662. The molecule has 2 aromatic carbocycles. The van der Waals surface area contributed by atoms with Gasteiger partial charge in [-0.3, -0.25) is 4.79 Å². The third kappa shape index (κ3) is 4.40. The molecule has 1 amide bonds. The summed E-state index contributed by atoms with van der Waals surface area (Å²) in [5, 5.41) is 0. The number of nitrogens with zero attached hydrogens (tertiary/aromatic N) is 2. The molecule has 154 valence electrons. The summed E-state index contributed by atoms with van der Waals surface area (Å²) in [4.78, 5) is 14.8. The van der Waals surface area contributed by atoms with Crippen molar-refractivity contribution in [2.75, 3.05) is 37.7 Å². The van der Waals surface area contributed by atoms with E-state index in [2.05, 4.69) is 22.0 Å². The molecule has 0 aromatic heterocycles. The number of ether oxygens (including phenoxy) is 1. The van der Waals surface area contributed by atoms with Gasteiger partial charge in [0.1, 0.15) is 0 Å². The van der Waals surface area contributed by atoms with Gasteiger partial charge in [-0.1, -0.05) is 28.1 Å². The zero-order chi connectivity index (χ0) is 20.4. The van der Waals surface area contributed by atoms with E-state index in [1.165, 1.54) is 9.87 Å². The highest BCUT2D eigenvalue weighted by molar-refractivity contribution is 9.10. The van der Waals surface area contributed by atoms with E-state index in [0.717, 1.165) is 22.1 Å². The minimum atomic E-state index is -3.49. The van der Waals surface area contributed by atoms with Gasteiger partial charge in [0.15, 0.2) is 0 Å². The van der Waals surface area contributed by atoms with Gasteiger partial charge in [0, 0.05) is 36.2 Å². The van der Waals surface area contributed by atoms with Crippen LogP contribution in [-0.2, 0) is 32.4 Å². The van der Waals surface area contributed by atoms with E-state index in [9.17, 15) is 13.2 Å². The molecule has 2 heterocycles. The molecule has 6 nitrogen and oxygen atoms in total. The van der Waals surface area contributed by atoms with Gasteiger partial charge in [-0.15, -0.1) is 0 Å². The predicted molar refractivity (Wildman–Crippen MR) is 115 cm³/mol. The molecule has 0 bridgehead atoms. The van der Waals surface area contributed by atoms with Crippen molar-refractivity contribution in [1.82, 2.24) is 4.31 Å². The molecular formula is C21H23BrN2O4S. The minimum Gasteiger partial charge on any atom is -0.379 e. The number of fused-ring (bicyclic) bond motifs is 1. The summed E-state index contributed by atoms with van der Waals surface area (Å²) in [6, 6.07) is 12.9. The summed E-state index contributed by atoms with van der Waals surface area (Å²) in [5.41, 5.74) is 3.13. The fraction of sp³-hybridized carbons (Fsp3) is 0.381. The van der Waals surface area contributed by atoms with Crippen LogP contribution in [0.4, 0.5) is 5.69 Å². The summed E-state index contributed by atoms with van der Waals surface area (Å²) >= 11 is 3.47. The standard InChI is InChI=1S/C21H23BrN2O4S/c22-18-4-7-20-17(15-18)9-10-24(20)21(25)8-3-16-1-5-19(6-2-16)29(26,27)23-11-13-28-14-12-23/h1-2,4-7,15H,3,8-14H2. The summed E-state index contributed by atoms with van der Waals surface area (Å²) < 4.78 is 33.1. The molecule has 2 aliphatic heterocycles. The normalized spacial score (nSPS) is 17.3. The van der Waals surface area contributed by atoms with Crippen molar-refractivity contribution in [3.8, 4) is 0 Å². The number of hydrogen-bond donors (Lipinski definition) is 0. The highest BCUT2D eigenvalue weighted by atomic mass is 79.9. The molecule has 0 atom stereocenters. The molecule has 1 saturated heterocycles. The van der Waals surface area contributed by atoms with Crippen LogP contribution >= 0.6 is 15.9 Å². The number of rotatable bonds is 5. The van der Waals surface area contributed by atoms with Crippen molar-refractivity contribution in [2.24, 2.45) is 0 Å². The first-order valence-electron chi connectivity index (χ1n) is 9.71. The summed E-state index contributed by atoms with van der Waals surface area (Å²) in [5.74, 6) is 0.0936. The summed E-state index contributed by atoms with van der Waals surface area (Å²) in [6.07, 6.45) is 1.85. The summed E-state index contributed by atoms with van der Waals surface area (Å²) in [7, 11) is -3.49. The van der Waals surface area contributed by atoms with Crippen molar-refractivity contribution in [3.63, 3.8) is 0 Å². The maximum atomic E-state index is 12.7. The molecule has 2 aromatic rings. The van der Waals surface area contributed by atoms with E-state index in [0.29, 0.717) is 45.7 Å². The van der Waals surface area contributed by atoms with Crippen LogP contribution in [0.15, 0.2) is 51.8 Å². The van der Waals surface area contributed by atoms with Crippen molar-refractivity contribution < 1.29 is 17.9 Å². The molecule has 0 unspecified atom stereocenters. The maximum absolute atomic E-state index is 12.7. The van der Waals surface area contributed by atoms with E-state index >= 15 is 0 Å². The first-order valence-corrected chi connectivity index (χ1v) is 11.9. The van der Waals surface area contributed by atoms with Gasteiger partial charge in [0.25, 0.3) is 0 Å². The summed E-state index contributed by atoms with van der Waals surface area (Å²) in [6.45, 7) is 2.33. The van der Waals surface area contributed by atoms with Gasteiger partial charge in [-0.05, 0) is 54.3 Å². The van der Waals surface area contributed by atoms with Gasteiger partial charge in [-0.2, -0.15) is 4.31 Å². The second-order valence-electron chi connectivity index (χ2n) is 7.23. The lowest BCUT2D eigenvalue weighted by molar-refractivity contribution is -0.118. The number of aryl methyl sites for hydroxylation is 1. The molecule has 2 aliphatic rings. The van der Waals surface area contributed by atoms with Gasteiger partial charge >= 0.3 is 0 Å².